The Morgan fingerprint density at radius 2 is 1.88 bits per heavy atom. The van der Waals surface area contributed by atoms with Crippen molar-refractivity contribution in [2.24, 2.45) is 0 Å². The molecule has 0 atom stereocenters. The second-order valence-corrected chi connectivity index (χ2v) is 5.59. The van der Waals surface area contributed by atoms with Gasteiger partial charge >= 0.3 is 5.69 Å². The van der Waals surface area contributed by atoms with Gasteiger partial charge in [0.25, 0.3) is 0 Å². The van der Waals surface area contributed by atoms with Crippen molar-refractivity contribution < 1.29 is 0 Å². The van der Waals surface area contributed by atoms with Crippen LogP contribution in [0, 0.1) is 18.3 Å². The van der Waals surface area contributed by atoms with Gasteiger partial charge in [-0.15, -0.1) is 5.10 Å². The van der Waals surface area contributed by atoms with Gasteiger partial charge in [0.15, 0.2) is 5.65 Å². The Bertz CT molecular complexity index is 1160. The smallest absolute Gasteiger partial charge is 0.287 e. The molecule has 0 aliphatic carbocycles. The molecule has 2 aromatic carbocycles. The zero-order valence-corrected chi connectivity index (χ0v) is 13.0. The maximum atomic E-state index is 12.9. The van der Waals surface area contributed by atoms with Crippen molar-refractivity contribution in [3.05, 3.63) is 76.0 Å². The molecular weight excluding hydrogens is 302 g/mol. The molecule has 4 aromatic rings. The minimum atomic E-state index is -0.228. The van der Waals surface area contributed by atoms with E-state index in [1.165, 1.54) is 4.52 Å². The SMILES string of the molecule is Cc1nc2c3ccccc3n(Cc3ccc(C#N)cc3)c(=O)n2n1. The molecule has 0 aliphatic rings. The summed E-state index contributed by atoms with van der Waals surface area (Å²) in [5, 5.41) is 14.0. The highest BCUT2D eigenvalue weighted by Crippen LogP contribution is 2.18. The number of fused-ring (bicyclic) bond motifs is 3. The molecule has 6 nitrogen and oxygen atoms in total. The van der Waals surface area contributed by atoms with Crippen LogP contribution in [0.4, 0.5) is 0 Å². The first kappa shape index (κ1) is 14.2. The number of nitrogens with zero attached hydrogens (tertiary/aromatic N) is 5. The molecule has 0 aliphatic heterocycles. The summed E-state index contributed by atoms with van der Waals surface area (Å²) in [4.78, 5) is 17.2. The monoisotopic (exact) mass is 315 g/mol. The maximum Gasteiger partial charge on any atom is 0.351 e. The van der Waals surface area contributed by atoms with E-state index < -0.39 is 0 Å². The van der Waals surface area contributed by atoms with Gasteiger partial charge in [-0.05, 0) is 36.8 Å². The van der Waals surface area contributed by atoms with Crippen molar-refractivity contribution in [3.8, 4) is 6.07 Å². The molecule has 0 saturated carbocycles. The Morgan fingerprint density at radius 1 is 1.12 bits per heavy atom. The fourth-order valence-electron chi connectivity index (χ4n) is 2.86. The van der Waals surface area contributed by atoms with Crippen LogP contribution in [0.15, 0.2) is 53.3 Å². The van der Waals surface area contributed by atoms with E-state index in [0.29, 0.717) is 23.6 Å². The van der Waals surface area contributed by atoms with E-state index in [2.05, 4.69) is 16.2 Å². The van der Waals surface area contributed by atoms with Crippen molar-refractivity contribution in [2.45, 2.75) is 13.5 Å². The van der Waals surface area contributed by atoms with Gasteiger partial charge in [0.1, 0.15) is 5.82 Å². The molecule has 0 spiro atoms. The number of benzene rings is 2. The van der Waals surface area contributed by atoms with Gasteiger partial charge in [-0.2, -0.15) is 9.78 Å². The van der Waals surface area contributed by atoms with Gasteiger partial charge in [-0.3, -0.25) is 4.57 Å². The van der Waals surface area contributed by atoms with Crippen molar-refractivity contribution in [1.82, 2.24) is 19.2 Å². The molecule has 0 amide bonds. The van der Waals surface area contributed by atoms with E-state index in [0.717, 1.165) is 16.5 Å². The second-order valence-electron chi connectivity index (χ2n) is 5.59. The molecule has 4 rings (SSSR count). The molecule has 2 aromatic heterocycles. The summed E-state index contributed by atoms with van der Waals surface area (Å²) >= 11 is 0. The standard InChI is InChI=1S/C18H13N5O/c1-12-20-17-15-4-2-3-5-16(15)22(18(24)23(17)21-12)11-14-8-6-13(10-19)7-9-14/h2-9H,11H2,1H3. The predicted molar refractivity (Wildman–Crippen MR) is 89.7 cm³/mol. The number of nitriles is 1. The third-order valence-electron chi connectivity index (χ3n) is 3.98. The molecule has 0 bridgehead atoms. The summed E-state index contributed by atoms with van der Waals surface area (Å²) in [6.07, 6.45) is 0. The van der Waals surface area contributed by atoms with E-state index in [1.54, 1.807) is 23.6 Å². The van der Waals surface area contributed by atoms with E-state index in [-0.39, 0.29) is 5.69 Å². The van der Waals surface area contributed by atoms with E-state index >= 15 is 0 Å². The van der Waals surface area contributed by atoms with E-state index in [1.807, 2.05) is 36.4 Å². The summed E-state index contributed by atoms with van der Waals surface area (Å²) in [5.74, 6) is 0.563. The van der Waals surface area contributed by atoms with Crippen molar-refractivity contribution >= 4 is 16.6 Å². The lowest BCUT2D eigenvalue weighted by molar-refractivity contribution is 0.712. The summed E-state index contributed by atoms with van der Waals surface area (Å²) in [6.45, 7) is 2.17. The number of aromatic nitrogens is 4. The average molecular weight is 315 g/mol. The Balaban J connectivity index is 1.97. The quantitative estimate of drug-likeness (QED) is 0.568. The summed E-state index contributed by atoms with van der Waals surface area (Å²) in [6, 6.07) is 17.0. The van der Waals surface area contributed by atoms with Gasteiger partial charge in [0.2, 0.25) is 0 Å². The number of hydrogen-bond acceptors (Lipinski definition) is 4. The van der Waals surface area contributed by atoms with Crippen molar-refractivity contribution in [3.63, 3.8) is 0 Å². The van der Waals surface area contributed by atoms with E-state index in [9.17, 15) is 4.79 Å². The van der Waals surface area contributed by atoms with Gasteiger partial charge < -0.3 is 0 Å². The van der Waals surface area contributed by atoms with Crippen LogP contribution in [-0.4, -0.2) is 19.2 Å². The topological polar surface area (TPSA) is 76.0 Å². The number of hydrogen-bond donors (Lipinski definition) is 0. The number of para-hydroxylation sites is 1. The number of rotatable bonds is 2. The number of aryl methyl sites for hydroxylation is 1. The largest absolute Gasteiger partial charge is 0.351 e. The first-order chi connectivity index (χ1) is 11.7. The van der Waals surface area contributed by atoms with Crippen LogP contribution in [0.25, 0.3) is 16.6 Å². The molecule has 0 fully saturated rings. The highest BCUT2D eigenvalue weighted by atomic mass is 16.2. The van der Waals surface area contributed by atoms with Crippen molar-refractivity contribution in [2.75, 3.05) is 0 Å². The predicted octanol–water partition coefficient (Wildman–Crippen LogP) is 2.27. The second kappa shape index (κ2) is 5.32. The highest BCUT2D eigenvalue weighted by molar-refractivity contribution is 5.91. The normalized spacial score (nSPS) is 11.0. The van der Waals surface area contributed by atoms with Crippen LogP contribution >= 0.6 is 0 Å². The molecule has 6 heteroatoms. The lowest BCUT2D eigenvalue weighted by Crippen LogP contribution is -2.28. The average Bonchev–Trinajstić information content (AvgIpc) is 3.01. The first-order valence-electron chi connectivity index (χ1n) is 7.51. The minimum absolute atomic E-state index is 0.228. The van der Waals surface area contributed by atoms with Crippen LogP contribution in [-0.2, 0) is 6.54 Å². The summed E-state index contributed by atoms with van der Waals surface area (Å²) in [7, 11) is 0. The Labute approximate surface area is 137 Å². The van der Waals surface area contributed by atoms with Crippen LogP contribution < -0.4 is 5.69 Å². The van der Waals surface area contributed by atoms with Crippen LogP contribution in [0.3, 0.4) is 0 Å². The zero-order chi connectivity index (χ0) is 16.7. The fourth-order valence-corrected chi connectivity index (χ4v) is 2.86. The lowest BCUT2D eigenvalue weighted by atomic mass is 10.1. The first-order valence-corrected chi connectivity index (χ1v) is 7.51. The molecule has 116 valence electrons. The molecule has 0 unspecified atom stereocenters. The lowest BCUT2D eigenvalue weighted by Gasteiger charge is -2.11. The van der Waals surface area contributed by atoms with Crippen LogP contribution in [0.1, 0.15) is 17.0 Å². The van der Waals surface area contributed by atoms with Gasteiger partial charge in [-0.1, -0.05) is 24.3 Å². The minimum Gasteiger partial charge on any atom is -0.287 e. The molecule has 0 N–H and O–H groups in total. The third kappa shape index (κ3) is 2.15. The zero-order valence-electron chi connectivity index (χ0n) is 13.0. The van der Waals surface area contributed by atoms with Crippen LogP contribution in [0.5, 0.6) is 0 Å². The van der Waals surface area contributed by atoms with Gasteiger partial charge in [0.05, 0.1) is 23.7 Å². The van der Waals surface area contributed by atoms with Crippen LogP contribution in [0.2, 0.25) is 0 Å². The highest BCUT2D eigenvalue weighted by Gasteiger charge is 2.13. The van der Waals surface area contributed by atoms with Gasteiger partial charge in [0, 0.05) is 5.39 Å². The maximum absolute atomic E-state index is 12.9. The summed E-state index contributed by atoms with van der Waals surface area (Å²) < 4.78 is 3.03. The summed E-state index contributed by atoms with van der Waals surface area (Å²) in [5.41, 5.74) is 2.69. The molecule has 0 radical (unpaired) electrons. The molecular formula is C18H13N5O. The Kier molecular flexibility index (Phi) is 3.14. The fraction of sp³-hybridized carbons (Fsp3) is 0.111. The third-order valence-corrected chi connectivity index (χ3v) is 3.98. The molecule has 0 saturated heterocycles. The Hall–Kier alpha value is -3.46. The Morgan fingerprint density at radius 3 is 2.62 bits per heavy atom. The molecule has 24 heavy (non-hydrogen) atoms. The molecule has 2 heterocycles. The van der Waals surface area contributed by atoms with Gasteiger partial charge in [-0.25, -0.2) is 9.78 Å². The van der Waals surface area contributed by atoms with E-state index in [4.69, 9.17) is 5.26 Å². The van der Waals surface area contributed by atoms with Crippen molar-refractivity contribution in [1.29, 1.82) is 5.26 Å².